The van der Waals surface area contributed by atoms with Crippen molar-refractivity contribution in [3.05, 3.63) is 35.9 Å². The molecule has 1 spiro atoms. The molecule has 2 aliphatic rings. The molecule has 2 aliphatic heterocycles. The second-order valence-corrected chi connectivity index (χ2v) is 7.64. The minimum absolute atomic E-state index is 0.146. The monoisotopic (exact) mass is 357 g/mol. The van der Waals surface area contributed by atoms with Crippen LogP contribution in [0.25, 0.3) is 0 Å². The number of amides is 2. The third-order valence-corrected chi connectivity index (χ3v) is 6.00. The minimum Gasteiger partial charge on any atom is -0.354 e. The average Bonchev–Trinajstić information content (AvgIpc) is 2.80. The van der Waals surface area contributed by atoms with Crippen LogP contribution in [0.5, 0.6) is 0 Å². The molecule has 142 valence electrons. The van der Waals surface area contributed by atoms with Gasteiger partial charge in [0.05, 0.1) is 0 Å². The Morgan fingerprint density at radius 1 is 1.12 bits per heavy atom. The van der Waals surface area contributed by atoms with Gasteiger partial charge in [-0.05, 0) is 51.1 Å². The molecule has 2 saturated heterocycles. The average molecular weight is 357 g/mol. The van der Waals surface area contributed by atoms with Crippen LogP contribution in [0.1, 0.15) is 44.1 Å². The Kier molecular flexibility index (Phi) is 6.30. The summed E-state index contributed by atoms with van der Waals surface area (Å²) in [4.78, 5) is 29.3. The van der Waals surface area contributed by atoms with Crippen LogP contribution >= 0.6 is 0 Å². The summed E-state index contributed by atoms with van der Waals surface area (Å²) in [5, 5.41) is 3.05. The summed E-state index contributed by atoms with van der Waals surface area (Å²) in [7, 11) is 2.05. The highest BCUT2D eigenvalue weighted by Gasteiger charge is 2.45. The van der Waals surface area contributed by atoms with Crippen molar-refractivity contribution < 1.29 is 9.59 Å². The molecule has 2 amide bonds. The molecular weight excluding hydrogens is 326 g/mol. The molecule has 5 heteroatoms. The number of likely N-dealkylation sites (tertiary alicyclic amines) is 1. The summed E-state index contributed by atoms with van der Waals surface area (Å²) in [6, 6.07) is 10.4. The molecule has 0 unspecified atom stereocenters. The third kappa shape index (κ3) is 4.26. The zero-order valence-corrected chi connectivity index (χ0v) is 15.9. The van der Waals surface area contributed by atoms with Gasteiger partial charge >= 0.3 is 0 Å². The van der Waals surface area contributed by atoms with Gasteiger partial charge in [0.1, 0.15) is 5.54 Å². The molecule has 3 rings (SSSR count). The number of nitrogens with zero attached hydrogens (tertiary/aromatic N) is 2. The lowest BCUT2D eigenvalue weighted by molar-refractivity contribution is -0.141. The molecular formula is C21H31N3O2. The van der Waals surface area contributed by atoms with E-state index in [9.17, 15) is 9.59 Å². The molecule has 1 aromatic carbocycles. The van der Waals surface area contributed by atoms with E-state index in [0.717, 1.165) is 51.6 Å². The molecule has 0 aliphatic carbocycles. The minimum atomic E-state index is -0.416. The molecule has 0 atom stereocenters. The van der Waals surface area contributed by atoms with Crippen LogP contribution in [0.3, 0.4) is 0 Å². The summed E-state index contributed by atoms with van der Waals surface area (Å²) in [6.45, 7) is 3.08. The van der Waals surface area contributed by atoms with Crippen molar-refractivity contribution >= 4 is 11.8 Å². The van der Waals surface area contributed by atoms with E-state index in [4.69, 9.17) is 0 Å². The van der Waals surface area contributed by atoms with Gasteiger partial charge in [-0.3, -0.25) is 14.5 Å². The van der Waals surface area contributed by atoms with Crippen LogP contribution in [0, 0.1) is 0 Å². The van der Waals surface area contributed by atoms with Crippen LogP contribution < -0.4 is 5.32 Å². The second-order valence-electron chi connectivity index (χ2n) is 7.64. The molecule has 0 radical (unpaired) electrons. The van der Waals surface area contributed by atoms with Crippen LogP contribution in [-0.4, -0.2) is 60.4 Å². The third-order valence-electron chi connectivity index (χ3n) is 6.00. The van der Waals surface area contributed by atoms with Crippen molar-refractivity contribution in [2.75, 3.05) is 33.2 Å². The van der Waals surface area contributed by atoms with E-state index in [1.54, 1.807) is 0 Å². The lowest BCUT2D eigenvalue weighted by Crippen LogP contribution is -2.61. The summed E-state index contributed by atoms with van der Waals surface area (Å²) in [6.07, 6.45) is 6.09. The highest BCUT2D eigenvalue weighted by molar-refractivity contribution is 5.87. The van der Waals surface area contributed by atoms with Gasteiger partial charge in [-0.25, -0.2) is 0 Å². The van der Waals surface area contributed by atoms with Gasteiger partial charge in [-0.15, -0.1) is 0 Å². The van der Waals surface area contributed by atoms with E-state index in [1.807, 2.05) is 18.0 Å². The van der Waals surface area contributed by atoms with E-state index >= 15 is 0 Å². The fraction of sp³-hybridized carbons (Fsp3) is 0.619. The number of carbonyl (C=O) groups is 2. The molecule has 0 saturated carbocycles. The van der Waals surface area contributed by atoms with Crippen molar-refractivity contribution in [2.45, 2.75) is 50.5 Å². The number of rotatable bonds is 5. The predicted molar refractivity (Wildman–Crippen MR) is 103 cm³/mol. The highest BCUT2D eigenvalue weighted by atomic mass is 16.2. The molecule has 0 bridgehead atoms. The zero-order valence-electron chi connectivity index (χ0n) is 15.9. The lowest BCUT2D eigenvalue weighted by atomic mass is 9.85. The number of nitrogens with one attached hydrogen (secondary N) is 1. The smallest absolute Gasteiger partial charge is 0.240 e. The number of likely N-dealkylation sites (N-methyl/N-ethyl adjacent to an activating group) is 1. The standard InChI is InChI=1S/C21H31N3O2/c1-23-15-7-14-22-20(26)21(23)12-16-24(17-13-21)19(25)11-6-5-10-18-8-3-2-4-9-18/h2-4,8-9H,5-7,10-17H2,1H3,(H,22,26). The number of unbranched alkanes of at least 4 members (excludes halogenated alkanes) is 1. The van der Waals surface area contributed by atoms with Gasteiger partial charge in [-0.1, -0.05) is 30.3 Å². The molecule has 1 N–H and O–H groups in total. The van der Waals surface area contributed by atoms with Crippen molar-refractivity contribution in [2.24, 2.45) is 0 Å². The Morgan fingerprint density at radius 2 is 1.85 bits per heavy atom. The Bertz CT molecular complexity index is 609. The molecule has 2 heterocycles. The van der Waals surface area contributed by atoms with E-state index in [-0.39, 0.29) is 11.8 Å². The van der Waals surface area contributed by atoms with Crippen molar-refractivity contribution in [1.82, 2.24) is 15.1 Å². The first-order chi connectivity index (χ1) is 12.6. The number of aryl methyl sites for hydroxylation is 1. The normalized spacial score (nSPS) is 20.7. The Morgan fingerprint density at radius 3 is 2.58 bits per heavy atom. The summed E-state index contributed by atoms with van der Waals surface area (Å²) >= 11 is 0. The van der Waals surface area contributed by atoms with Gasteiger partial charge in [0.25, 0.3) is 0 Å². The quantitative estimate of drug-likeness (QED) is 0.822. The molecule has 5 nitrogen and oxygen atoms in total. The maximum absolute atomic E-state index is 12.6. The predicted octanol–water partition coefficient (Wildman–Crippen LogP) is 2.21. The Labute approximate surface area is 156 Å². The molecule has 26 heavy (non-hydrogen) atoms. The van der Waals surface area contributed by atoms with Crippen LogP contribution in [0.15, 0.2) is 30.3 Å². The second kappa shape index (κ2) is 8.67. The fourth-order valence-corrected chi connectivity index (χ4v) is 4.21. The Balaban J connectivity index is 1.44. The van der Waals surface area contributed by atoms with Gasteiger partial charge in [-0.2, -0.15) is 0 Å². The van der Waals surface area contributed by atoms with Gasteiger partial charge in [0, 0.05) is 32.6 Å². The van der Waals surface area contributed by atoms with E-state index < -0.39 is 5.54 Å². The molecule has 0 aromatic heterocycles. The van der Waals surface area contributed by atoms with Gasteiger partial charge < -0.3 is 10.2 Å². The number of benzene rings is 1. The van der Waals surface area contributed by atoms with Gasteiger partial charge in [0.15, 0.2) is 0 Å². The maximum atomic E-state index is 12.6. The molecule has 2 fully saturated rings. The summed E-state index contributed by atoms with van der Waals surface area (Å²) in [5.41, 5.74) is 0.919. The van der Waals surface area contributed by atoms with Crippen LogP contribution in [-0.2, 0) is 16.0 Å². The van der Waals surface area contributed by atoms with Crippen LogP contribution in [0.2, 0.25) is 0 Å². The van der Waals surface area contributed by atoms with Crippen molar-refractivity contribution in [1.29, 1.82) is 0 Å². The van der Waals surface area contributed by atoms with E-state index in [0.29, 0.717) is 19.5 Å². The number of hydrogen-bond acceptors (Lipinski definition) is 3. The molecule has 1 aromatic rings. The number of hydrogen-bond donors (Lipinski definition) is 1. The first kappa shape index (κ1) is 18.9. The largest absolute Gasteiger partial charge is 0.354 e. The topological polar surface area (TPSA) is 52.7 Å². The fourth-order valence-electron chi connectivity index (χ4n) is 4.21. The number of piperidine rings is 1. The summed E-state index contributed by atoms with van der Waals surface area (Å²) < 4.78 is 0. The number of carbonyl (C=O) groups excluding carboxylic acids is 2. The van der Waals surface area contributed by atoms with Crippen molar-refractivity contribution in [3.63, 3.8) is 0 Å². The van der Waals surface area contributed by atoms with E-state index in [1.165, 1.54) is 5.56 Å². The van der Waals surface area contributed by atoms with E-state index in [2.05, 4.69) is 34.5 Å². The SMILES string of the molecule is CN1CCCNC(=O)C12CCN(C(=O)CCCCc1ccccc1)CC2. The zero-order chi connectivity index (χ0) is 18.4. The highest BCUT2D eigenvalue weighted by Crippen LogP contribution is 2.30. The first-order valence-corrected chi connectivity index (χ1v) is 9.93. The Hall–Kier alpha value is -1.88. The first-order valence-electron chi connectivity index (χ1n) is 9.93. The lowest BCUT2D eigenvalue weighted by Gasteiger charge is -2.45. The van der Waals surface area contributed by atoms with Gasteiger partial charge in [0.2, 0.25) is 11.8 Å². The van der Waals surface area contributed by atoms with Crippen LogP contribution in [0.4, 0.5) is 0 Å². The maximum Gasteiger partial charge on any atom is 0.240 e. The summed E-state index contributed by atoms with van der Waals surface area (Å²) in [5.74, 6) is 0.386. The van der Waals surface area contributed by atoms with Crippen molar-refractivity contribution in [3.8, 4) is 0 Å².